The molecule has 14 heavy (non-hydrogen) atoms. The third-order valence-corrected chi connectivity index (χ3v) is 2.64. The number of anilines is 1. The molecule has 1 rings (SSSR count). The number of thiazole rings is 1. The lowest BCUT2D eigenvalue weighted by Crippen LogP contribution is -2.36. The molecule has 0 aromatic carbocycles. The summed E-state index contributed by atoms with van der Waals surface area (Å²) in [6, 6.07) is 0.190. The van der Waals surface area contributed by atoms with E-state index in [1.54, 1.807) is 10.3 Å². The lowest BCUT2D eigenvalue weighted by atomic mass is 10.3. The van der Waals surface area contributed by atoms with Gasteiger partial charge in [0.2, 0.25) is 0 Å². The van der Waals surface area contributed by atoms with E-state index in [1.807, 2.05) is 20.8 Å². The van der Waals surface area contributed by atoms with Gasteiger partial charge in [0.05, 0.1) is 0 Å². The van der Waals surface area contributed by atoms with Gasteiger partial charge in [0.15, 0.2) is 5.13 Å². The molecule has 0 aliphatic rings. The van der Waals surface area contributed by atoms with E-state index in [-0.39, 0.29) is 11.9 Å². The summed E-state index contributed by atoms with van der Waals surface area (Å²) in [6.07, 6.45) is 0. The van der Waals surface area contributed by atoms with Crippen LogP contribution in [0.3, 0.4) is 0 Å². The molecule has 0 saturated heterocycles. The Balaban J connectivity index is 2.83. The Kier molecular flexibility index (Phi) is 3.46. The number of amides is 1. The van der Waals surface area contributed by atoms with Crippen LogP contribution in [0.1, 0.15) is 31.3 Å². The van der Waals surface area contributed by atoms with E-state index in [2.05, 4.69) is 4.98 Å². The number of hydrogen-bond acceptors (Lipinski definition) is 4. The molecule has 0 aliphatic heterocycles. The van der Waals surface area contributed by atoms with Crippen molar-refractivity contribution in [2.24, 2.45) is 0 Å². The van der Waals surface area contributed by atoms with Gasteiger partial charge >= 0.3 is 0 Å². The topological polar surface area (TPSA) is 59.2 Å². The average molecular weight is 213 g/mol. The van der Waals surface area contributed by atoms with Crippen molar-refractivity contribution in [3.05, 3.63) is 11.1 Å². The number of nitrogens with two attached hydrogens (primary N) is 1. The van der Waals surface area contributed by atoms with Gasteiger partial charge in [-0.3, -0.25) is 4.79 Å². The van der Waals surface area contributed by atoms with Crippen LogP contribution in [-0.4, -0.2) is 28.4 Å². The van der Waals surface area contributed by atoms with E-state index in [4.69, 9.17) is 5.73 Å². The van der Waals surface area contributed by atoms with Crippen molar-refractivity contribution in [1.82, 2.24) is 9.88 Å². The van der Waals surface area contributed by atoms with Crippen LogP contribution in [0, 0.1) is 0 Å². The quantitative estimate of drug-likeness (QED) is 0.829. The number of carbonyl (C=O) groups excluding carboxylic acids is 1. The molecule has 78 valence electrons. The van der Waals surface area contributed by atoms with Gasteiger partial charge in [-0.1, -0.05) is 0 Å². The smallest absolute Gasteiger partial charge is 0.273 e. The largest absolute Gasteiger partial charge is 0.375 e. The SMILES string of the molecule is CCN(C(=O)c1csc(N)n1)C(C)C. The Bertz CT molecular complexity index is 322. The zero-order valence-electron chi connectivity index (χ0n) is 8.65. The van der Waals surface area contributed by atoms with E-state index in [0.717, 1.165) is 0 Å². The number of carbonyl (C=O) groups is 1. The van der Waals surface area contributed by atoms with Gasteiger partial charge in [0, 0.05) is 18.0 Å². The van der Waals surface area contributed by atoms with Crippen molar-refractivity contribution in [1.29, 1.82) is 0 Å². The van der Waals surface area contributed by atoms with E-state index >= 15 is 0 Å². The minimum Gasteiger partial charge on any atom is -0.375 e. The molecule has 1 amide bonds. The molecular formula is C9H15N3OS. The van der Waals surface area contributed by atoms with Crippen molar-refractivity contribution in [3.8, 4) is 0 Å². The van der Waals surface area contributed by atoms with Gasteiger partial charge in [0.1, 0.15) is 5.69 Å². The maximum absolute atomic E-state index is 11.8. The van der Waals surface area contributed by atoms with Gasteiger partial charge in [0.25, 0.3) is 5.91 Å². The van der Waals surface area contributed by atoms with Crippen molar-refractivity contribution in [3.63, 3.8) is 0 Å². The van der Waals surface area contributed by atoms with Crippen LogP contribution >= 0.6 is 11.3 Å². The number of nitrogens with zero attached hydrogens (tertiary/aromatic N) is 2. The highest BCUT2D eigenvalue weighted by molar-refractivity contribution is 7.13. The zero-order valence-corrected chi connectivity index (χ0v) is 9.47. The molecule has 0 aliphatic carbocycles. The molecule has 4 nitrogen and oxygen atoms in total. The monoisotopic (exact) mass is 213 g/mol. The van der Waals surface area contributed by atoms with Crippen LogP contribution in [0.25, 0.3) is 0 Å². The van der Waals surface area contributed by atoms with E-state index in [0.29, 0.717) is 17.4 Å². The number of aromatic nitrogens is 1. The molecule has 0 unspecified atom stereocenters. The van der Waals surface area contributed by atoms with Crippen LogP contribution in [0.5, 0.6) is 0 Å². The second-order valence-corrected chi connectivity index (χ2v) is 4.15. The lowest BCUT2D eigenvalue weighted by molar-refractivity contribution is 0.0712. The summed E-state index contributed by atoms with van der Waals surface area (Å²) in [4.78, 5) is 17.6. The highest BCUT2D eigenvalue weighted by atomic mass is 32.1. The molecular weight excluding hydrogens is 198 g/mol. The van der Waals surface area contributed by atoms with E-state index < -0.39 is 0 Å². The molecule has 1 heterocycles. The van der Waals surface area contributed by atoms with Crippen LogP contribution < -0.4 is 5.73 Å². The number of rotatable bonds is 3. The molecule has 0 fully saturated rings. The van der Waals surface area contributed by atoms with Gasteiger partial charge in [-0.05, 0) is 20.8 Å². The Morgan fingerprint density at radius 3 is 2.71 bits per heavy atom. The second-order valence-electron chi connectivity index (χ2n) is 3.26. The standard InChI is InChI=1S/C9H15N3OS/c1-4-12(6(2)3)8(13)7-5-14-9(10)11-7/h5-6H,4H2,1-3H3,(H2,10,11). The molecule has 0 saturated carbocycles. The first-order chi connectivity index (χ1) is 6.56. The number of hydrogen-bond donors (Lipinski definition) is 1. The fourth-order valence-electron chi connectivity index (χ4n) is 1.28. The first kappa shape index (κ1) is 11.0. The summed E-state index contributed by atoms with van der Waals surface area (Å²) in [5.74, 6) is -0.0459. The third kappa shape index (κ3) is 2.23. The third-order valence-electron chi connectivity index (χ3n) is 1.97. The highest BCUT2D eigenvalue weighted by Gasteiger charge is 2.18. The molecule has 0 radical (unpaired) electrons. The summed E-state index contributed by atoms with van der Waals surface area (Å²) < 4.78 is 0. The summed E-state index contributed by atoms with van der Waals surface area (Å²) in [7, 11) is 0. The molecule has 2 N–H and O–H groups in total. The minimum atomic E-state index is -0.0459. The predicted octanol–water partition coefficient (Wildman–Crippen LogP) is 1.60. The van der Waals surface area contributed by atoms with Gasteiger partial charge < -0.3 is 10.6 Å². The molecule has 0 bridgehead atoms. The van der Waals surface area contributed by atoms with Gasteiger partial charge in [-0.25, -0.2) is 4.98 Å². The first-order valence-corrected chi connectivity index (χ1v) is 5.46. The van der Waals surface area contributed by atoms with E-state index in [9.17, 15) is 4.79 Å². The summed E-state index contributed by atoms with van der Waals surface area (Å²) in [5.41, 5.74) is 5.92. The summed E-state index contributed by atoms with van der Waals surface area (Å²) in [5, 5.41) is 2.14. The van der Waals surface area contributed by atoms with Crippen LogP contribution in [0.15, 0.2) is 5.38 Å². The minimum absolute atomic E-state index is 0.0459. The molecule has 5 heteroatoms. The van der Waals surface area contributed by atoms with Gasteiger partial charge in [-0.2, -0.15) is 0 Å². The summed E-state index contributed by atoms with van der Waals surface area (Å²) in [6.45, 7) is 6.61. The fraction of sp³-hybridized carbons (Fsp3) is 0.556. The second kappa shape index (κ2) is 4.41. The average Bonchev–Trinajstić information content (AvgIpc) is 2.52. The van der Waals surface area contributed by atoms with E-state index in [1.165, 1.54) is 11.3 Å². The Labute approximate surface area is 87.7 Å². The Hall–Kier alpha value is -1.10. The predicted molar refractivity (Wildman–Crippen MR) is 58.4 cm³/mol. The summed E-state index contributed by atoms with van der Waals surface area (Å²) >= 11 is 1.29. The van der Waals surface area contributed by atoms with Crippen LogP contribution in [-0.2, 0) is 0 Å². The number of nitrogen functional groups attached to an aromatic ring is 1. The molecule has 0 spiro atoms. The molecule has 1 aromatic rings. The van der Waals surface area contributed by atoms with Crippen molar-refractivity contribution >= 4 is 22.4 Å². The maximum atomic E-state index is 11.8. The molecule has 1 aromatic heterocycles. The van der Waals surface area contributed by atoms with Crippen molar-refractivity contribution in [2.75, 3.05) is 12.3 Å². The highest BCUT2D eigenvalue weighted by Crippen LogP contribution is 2.14. The normalized spacial score (nSPS) is 10.6. The van der Waals surface area contributed by atoms with Gasteiger partial charge in [-0.15, -0.1) is 11.3 Å². The zero-order chi connectivity index (χ0) is 10.7. The van der Waals surface area contributed by atoms with Crippen LogP contribution in [0.2, 0.25) is 0 Å². The Morgan fingerprint density at radius 1 is 1.71 bits per heavy atom. The van der Waals surface area contributed by atoms with Crippen molar-refractivity contribution < 1.29 is 4.79 Å². The maximum Gasteiger partial charge on any atom is 0.273 e. The van der Waals surface area contributed by atoms with Crippen LogP contribution in [0.4, 0.5) is 5.13 Å². The Morgan fingerprint density at radius 2 is 2.36 bits per heavy atom. The molecule has 0 atom stereocenters. The first-order valence-electron chi connectivity index (χ1n) is 4.58. The van der Waals surface area contributed by atoms with Crippen molar-refractivity contribution in [2.45, 2.75) is 26.8 Å². The lowest BCUT2D eigenvalue weighted by Gasteiger charge is -2.23. The fourth-order valence-corrected chi connectivity index (χ4v) is 1.81.